The van der Waals surface area contributed by atoms with Crippen molar-refractivity contribution in [3.8, 4) is 5.75 Å². The highest BCUT2D eigenvalue weighted by atomic mass is 79.9. The fourth-order valence-electron chi connectivity index (χ4n) is 3.99. The molecule has 0 saturated heterocycles. The van der Waals surface area contributed by atoms with Crippen LogP contribution in [-0.2, 0) is 5.54 Å². The fourth-order valence-corrected chi connectivity index (χ4v) is 4.58. The summed E-state index contributed by atoms with van der Waals surface area (Å²) < 4.78 is 7.43. The van der Waals surface area contributed by atoms with E-state index in [4.69, 9.17) is 10.5 Å². The molecule has 0 aliphatic heterocycles. The molecule has 0 amide bonds. The van der Waals surface area contributed by atoms with Gasteiger partial charge in [0.05, 0.1) is 10.6 Å². The lowest BCUT2D eigenvalue weighted by molar-refractivity contribution is 0.0878. The van der Waals surface area contributed by atoms with Crippen LogP contribution < -0.4 is 10.5 Å². The van der Waals surface area contributed by atoms with Crippen molar-refractivity contribution >= 4 is 26.7 Å². The number of nitrogens with two attached hydrogens (primary N) is 1. The third-order valence-electron chi connectivity index (χ3n) is 5.86. The maximum atomic E-state index is 6.38. The molecule has 0 aromatic heterocycles. The number of ether oxygens (including phenoxy) is 1. The van der Waals surface area contributed by atoms with Crippen molar-refractivity contribution in [2.75, 3.05) is 0 Å². The number of rotatable bonds is 3. The second-order valence-corrected chi connectivity index (χ2v) is 10.3. The standard InChI is InChI=1S/C23H32BrNO/c1-22(2,3)16-7-10-18(11-8-16)26-20-13-6-15-14-17(23(4,5)25)9-12-19(15)21(20)24/h6,9,12-14,16,18H,7-8,10-11,25H2,1-5H3. The summed E-state index contributed by atoms with van der Waals surface area (Å²) in [4.78, 5) is 0. The molecule has 0 bridgehead atoms. The maximum absolute atomic E-state index is 6.38. The topological polar surface area (TPSA) is 35.2 Å². The van der Waals surface area contributed by atoms with E-state index >= 15 is 0 Å². The molecular weight excluding hydrogens is 386 g/mol. The first kappa shape index (κ1) is 19.7. The van der Waals surface area contributed by atoms with Crippen molar-refractivity contribution in [1.82, 2.24) is 0 Å². The first-order chi connectivity index (χ1) is 12.1. The van der Waals surface area contributed by atoms with Gasteiger partial charge >= 0.3 is 0 Å². The number of fused-ring (bicyclic) bond motifs is 1. The summed E-state index contributed by atoms with van der Waals surface area (Å²) in [6.07, 6.45) is 5.13. The third-order valence-corrected chi connectivity index (χ3v) is 6.67. The Morgan fingerprint density at radius 1 is 0.962 bits per heavy atom. The fraction of sp³-hybridized carbons (Fsp3) is 0.565. The van der Waals surface area contributed by atoms with Crippen molar-refractivity contribution in [1.29, 1.82) is 0 Å². The molecule has 2 aromatic rings. The predicted molar refractivity (Wildman–Crippen MR) is 115 cm³/mol. The molecule has 0 unspecified atom stereocenters. The van der Waals surface area contributed by atoms with Crippen LogP contribution in [0.15, 0.2) is 34.8 Å². The summed E-state index contributed by atoms with van der Waals surface area (Å²) in [7, 11) is 0. The molecule has 3 rings (SSSR count). The Morgan fingerprint density at radius 3 is 2.19 bits per heavy atom. The van der Waals surface area contributed by atoms with Crippen LogP contribution in [0.1, 0.15) is 65.9 Å². The summed E-state index contributed by atoms with van der Waals surface area (Å²) in [5, 5.41) is 2.37. The van der Waals surface area contributed by atoms with Gasteiger partial charge in [0, 0.05) is 5.54 Å². The van der Waals surface area contributed by atoms with Gasteiger partial charge in [0.1, 0.15) is 5.75 Å². The molecule has 2 aromatic carbocycles. The molecular formula is C23H32BrNO. The Hall–Kier alpha value is -1.06. The number of halogens is 1. The Morgan fingerprint density at radius 2 is 1.62 bits per heavy atom. The average Bonchev–Trinajstić information content (AvgIpc) is 2.56. The average molecular weight is 418 g/mol. The van der Waals surface area contributed by atoms with Gasteiger partial charge in [-0.1, -0.05) is 39.0 Å². The molecule has 3 heteroatoms. The van der Waals surface area contributed by atoms with Gasteiger partial charge in [-0.2, -0.15) is 0 Å². The van der Waals surface area contributed by atoms with E-state index in [2.05, 4.69) is 67.0 Å². The van der Waals surface area contributed by atoms with Gasteiger partial charge in [0.25, 0.3) is 0 Å². The number of benzene rings is 2. The molecule has 142 valence electrons. The van der Waals surface area contributed by atoms with Crippen molar-refractivity contribution < 1.29 is 4.74 Å². The lowest BCUT2D eigenvalue weighted by atomic mass is 9.72. The lowest BCUT2D eigenvalue weighted by Gasteiger charge is -2.37. The molecule has 1 aliphatic carbocycles. The highest BCUT2D eigenvalue weighted by Crippen LogP contribution is 2.40. The SMILES string of the molecule is CC(C)(N)c1ccc2c(Br)c(OC3CCC(C(C)(C)C)CC3)ccc2c1. The van der Waals surface area contributed by atoms with E-state index in [1.165, 1.54) is 23.6 Å². The molecule has 1 fully saturated rings. The first-order valence-electron chi connectivity index (χ1n) is 9.74. The van der Waals surface area contributed by atoms with Crippen LogP contribution >= 0.6 is 15.9 Å². The normalized spacial score (nSPS) is 21.8. The number of hydrogen-bond donors (Lipinski definition) is 1. The first-order valence-corrected chi connectivity index (χ1v) is 10.5. The summed E-state index contributed by atoms with van der Waals surface area (Å²) in [5.74, 6) is 1.76. The second kappa shape index (κ2) is 7.16. The van der Waals surface area contributed by atoms with Crippen LogP contribution in [0.3, 0.4) is 0 Å². The molecule has 0 radical (unpaired) electrons. The monoisotopic (exact) mass is 417 g/mol. The second-order valence-electron chi connectivity index (χ2n) is 9.49. The molecule has 1 saturated carbocycles. The van der Waals surface area contributed by atoms with Crippen molar-refractivity contribution in [2.45, 2.75) is 71.9 Å². The molecule has 26 heavy (non-hydrogen) atoms. The predicted octanol–water partition coefficient (Wildman–Crippen LogP) is 6.78. The van der Waals surface area contributed by atoms with Gasteiger partial charge in [0.15, 0.2) is 0 Å². The van der Waals surface area contributed by atoms with Crippen LogP contribution in [0.2, 0.25) is 0 Å². The quantitative estimate of drug-likeness (QED) is 0.596. The smallest absolute Gasteiger partial charge is 0.134 e. The Bertz CT molecular complexity index is 777. The molecule has 2 N–H and O–H groups in total. The van der Waals surface area contributed by atoms with Crippen LogP contribution in [0.25, 0.3) is 10.8 Å². The van der Waals surface area contributed by atoms with E-state index in [1.807, 2.05) is 13.8 Å². The Kier molecular flexibility index (Phi) is 5.43. The Balaban J connectivity index is 1.76. The van der Waals surface area contributed by atoms with Gasteiger partial charge in [-0.05, 0) is 95.3 Å². The van der Waals surface area contributed by atoms with E-state index in [0.29, 0.717) is 11.5 Å². The highest BCUT2D eigenvalue weighted by Gasteiger charge is 2.30. The number of hydrogen-bond acceptors (Lipinski definition) is 2. The maximum Gasteiger partial charge on any atom is 0.134 e. The van der Waals surface area contributed by atoms with Crippen LogP contribution in [-0.4, -0.2) is 6.10 Å². The van der Waals surface area contributed by atoms with Gasteiger partial charge in [-0.25, -0.2) is 0 Å². The van der Waals surface area contributed by atoms with E-state index in [9.17, 15) is 0 Å². The molecule has 1 aliphatic rings. The zero-order chi connectivity index (χ0) is 19.1. The summed E-state index contributed by atoms with van der Waals surface area (Å²) >= 11 is 3.77. The Labute approximate surface area is 166 Å². The van der Waals surface area contributed by atoms with Crippen molar-refractivity contribution in [2.24, 2.45) is 17.1 Å². The molecule has 0 heterocycles. The zero-order valence-electron chi connectivity index (χ0n) is 16.7. The van der Waals surface area contributed by atoms with Crippen molar-refractivity contribution in [3.63, 3.8) is 0 Å². The summed E-state index contributed by atoms with van der Waals surface area (Å²) in [6.45, 7) is 11.1. The minimum Gasteiger partial charge on any atom is -0.489 e. The lowest BCUT2D eigenvalue weighted by Crippen LogP contribution is -2.30. The zero-order valence-corrected chi connectivity index (χ0v) is 18.3. The minimum atomic E-state index is -0.332. The molecule has 2 nitrogen and oxygen atoms in total. The van der Waals surface area contributed by atoms with E-state index in [1.54, 1.807) is 0 Å². The molecule has 0 atom stereocenters. The van der Waals surface area contributed by atoms with Crippen molar-refractivity contribution in [3.05, 3.63) is 40.4 Å². The van der Waals surface area contributed by atoms with Crippen LogP contribution in [0, 0.1) is 11.3 Å². The van der Waals surface area contributed by atoms with Crippen LogP contribution in [0.4, 0.5) is 0 Å². The third kappa shape index (κ3) is 4.26. The van der Waals surface area contributed by atoms with Gasteiger partial charge in [-0.15, -0.1) is 0 Å². The van der Waals surface area contributed by atoms with Gasteiger partial charge in [0.2, 0.25) is 0 Å². The van der Waals surface area contributed by atoms with Gasteiger partial charge < -0.3 is 10.5 Å². The summed E-state index contributed by atoms with van der Waals surface area (Å²) in [5.41, 5.74) is 7.46. The largest absolute Gasteiger partial charge is 0.489 e. The van der Waals surface area contributed by atoms with Gasteiger partial charge in [-0.3, -0.25) is 0 Å². The van der Waals surface area contributed by atoms with E-state index < -0.39 is 0 Å². The van der Waals surface area contributed by atoms with E-state index in [0.717, 1.165) is 34.5 Å². The summed E-state index contributed by atoms with van der Waals surface area (Å²) in [6, 6.07) is 10.7. The highest BCUT2D eigenvalue weighted by molar-refractivity contribution is 9.10. The molecule has 0 spiro atoms. The van der Waals surface area contributed by atoms with E-state index in [-0.39, 0.29) is 5.54 Å². The minimum absolute atomic E-state index is 0.324. The van der Waals surface area contributed by atoms with Crippen LogP contribution in [0.5, 0.6) is 5.75 Å².